The minimum Gasteiger partial charge on any atom is -0.474 e. The number of rotatable bonds is 5. The van der Waals surface area contributed by atoms with Crippen LogP contribution in [0.1, 0.15) is 16.2 Å². The predicted molar refractivity (Wildman–Crippen MR) is 105 cm³/mol. The third kappa shape index (κ3) is 4.27. The minimum absolute atomic E-state index is 0.0915. The first-order chi connectivity index (χ1) is 13.7. The van der Waals surface area contributed by atoms with Gasteiger partial charge in [-0.2, -0.15) is 0 Å². The van der Waals surface area contributed by atoms with Gasteiger partial charge in [0.2, 0.25) is 5.88 Å². The molecule has 4 rings (SSSR count). The molecule has 0 bridgehead atoms. The molecule has 1 aliphatic heterocycles. The molecule has 1 amide bonds. The van der Waals surface area contributed by atoms with Crippen LogP contribution in [0.25, 0.3) is 10.8 Å². The molecule has 1 unspecified atom stereocenters. The topological polar surface area (TPSA) is 82.6 Å². The highest BCUT2D eigenvalue weighted by Gasteiger charge is 2.16. The molecule has 0 aliphatic carbocycles. The first-order valence-corrected chi connectivity index (χ1v) is 9.15. The van der Waals surface area contributed by atoms with Crippen molar-refractivity contribution in [2.45, 2.75) is 13.0 Å². The maximum Gasteiger partial charge on any atom is 0.274 e. The van der Waals surface area contributed by atoms with Crippen LogP contribution in [0.5, 0.6) is 5.88 Å². The first-order valence-electron chi connectivity index (χ1n) is 9.15. The number of hydrogen-bond acceptors (Lipinski definition) is 6. The Kier molecular flexibility index (Phi) is 5.45. The summed E-state index contributed by atoms with van der Waals surface area (Å²) in [4.78, 5) is 21.0. The molecular formula is C21H21N3O4. The number of carbonyl (C=O) groups excluding carboxylic acids is 1. The molecule has 3 heterocycles. The van der Waals surface area contributed by atoms with Gasteiger partial charge in [0.25, 0.3) is 5.91 Å². The lowest BCUT2D eigenvalue weighted by Gasteiger charge is -2.22. The summed E-state index contributed by atoms with van der Waals surface area (Å²) in [7, 11) is 0. The molecular weight excluding hydrogens is 358 g/mol. The van der Waals surface area contributed by atoms with Crippen molar-refractivity contribution in [1.29, 1.82) is 0 Å². The Balaban J connectivity index is 1.49. The lowest BCUT2D eigenvalue weighted by atomic mass is 10.1. The van der Waals surface area contributed by atoms with Crippen molar-refractivity contribution in [3.63, 3.8) is 0 Å². The van der Waals surface area contributed by atoms with E-state index in [0.29, 0.717) is 43.7 Å². The lowest BCUT2D eigenvalue weighted by molar-refractivity contribution is -0.101. The quantitative estimate of drug-likeness (QED) is 0.734. The smallest absolute Gasteiger partial charge is 0.274 e. The van der Waals surface area contributed by atoms with Crippen LogP contribution in [-0.4, -0.2) is 48.4 Å². The Labute approximate surface area is 162 Å². The number of aromatic nitrogens is 2. The standard InChI is InChI=1S/C21H21N3O4/c1-14-3-2-4-19(23-14)20(25)24-16-5-6-18-15(11-16)7-8-22-21(18)28-13-17-12-26-9-10-27-17/h2-8,11,17H,9-10,12-13H2,1H3,(H,24,25). The summed E-state index contributed by atoms with van der Waals surface area (Å²) < 4.78 is 16.8. The van der Waals surface area contributed by atoms with Crippen LogP contribution in [0.3, 0.4) is 0 Å². The summed E-state index contributed by atoms with van der Waals surface area (Å²) in [5, 5.41) is 4.67. The highest BCUT2D eigenvalue weighted by Crippen LogP contribution is 2.26. The van der Waals surface area contributed by atoms with Gasteiger partial charge >= 0.3 is 0 Å². The Hall–Kier alpha value is -3.03. The summed E-state index contributed by atoms with van der Waals surface area (Å²) >= 11 is 0. The molecule has 0 spiro atoms. The molecule has 7 nitrogen and oxygen atoms in total. The van der Waals surface area contributed by atoms with E-state index >= 15 is 0 Å². The molecule has 0 saturated carbocycles. The third-order valence-corrected chi connectivity index (χ3v) is 4.40. The summed E-state index contributed by atoms with van der Waals surface area (Å²) in [6, 6.07) is 12.8. The van der Waals surface area contributed by atoms with Crippen LogP contribution < -0.4 is 10.1 Å². The molecule has 1 N–H and O–H groups in total. The van der Waals surface area contributed by atoms with Gasteiger partial charge in [0.15, 0.2) is 0 Å². The molecule has 144 valence electrons. The zero-order chi connectivity index (χ0) is 19.3. The maximum atomic E-state index is 12.4. The summed E-state index contributed by atoms with van der Waals surface area (Å²) in [5.41, 5.74) is 1.86. The van der Waals surface area contributed by atoms with Gasteiger partial charge in [0, 0.05) is 23.0 Å². The molecule has 0 radical (unpaired) electrons. The van der Waals surface area contributed by atoms with Gasteiger partial charge in [-0.3, -0.25) is 4.79 Å². The highest BCUT2D eigenvalue weighted by atomic mass is 16.6. The summed E-state index contributed by atoms with van der Waals surface area (Å²) in [6.45, 7) is 3.95. The van der Waals surface area contributed by atoms with Crippen molar-refractivity contribution >= 4 is 22.4 Å². The largest absolute Gasteiger partial charge is 0.474 e. The van der Waals surface area contributed by atoms with Crippen LogP contribution >= 0.6 is 0 Å². The normalized spacial score (nSPS) is 16.7. The SMILES string of the molecule is Cc1cccc(C(=O)Nc2ccc3c(OCC4COCCO4)nccc3c2)n1. The number of hydrogen-bond donors (Lipinski definition) is 1. The van der Waals surface area contributed by atoms with E-state index in [2.05, 4.69) is 15.3 Å². The third-order valence-electron chi connectivity index (χ3n) is 4.40. The Morgan fingerprint density at radius 3 is 3.00 bits per heavy atom. The van der Waals surface area contributed by atoms with Gasteiger partial charge in [-0.1, -0.05) is 6.07 Å². The van der Waals surface area contributed by atoms with E-state index in [4.69, 9.17) is 14.2 Å². The van der Waals surface area contributed by atoms with E-state index in [-0.39, 0.29) is 12.0 Å². The first kappa shape index (κ1) is 18.3. The maximum absolute atomic E-state index is 12.4. The van der Waals surface area contributed by atoms with E-state index < -0.39 is 0 Å². The van der Waals surface area contributed by atoms with Crippen molar-refractivity contribution in [3.05, 3.63) is 60.0 Å². The number of benzene rings is 1. The number of carbonyl (C=O) groups is 1. The van der Waals surface area contributed by atoms with Gasteiger partial charge in [-0.05, 0) is 48.7 Å². The molecule has 7 heteroatoms. The molecule has 1 saturated heterocycles. The molecule has 1 aromatic carbocycles. The Morgan fingerprint density at radius 1 is 1.25 bits per heavy atom. The zero-order valence-electron chi connectivity index (χ0n) is 15.6. The van der Waals surface area contributed by atoms with Crippen molar-refractivity contribution < 1.29 is 19.0 Å². The Bertz CT molecular complexity index is 986. The number of nitrogens with one attached hydrogen (secondary N) is 1. The van der Waals surface area contributed by atoms with Gasteiger partial charge in [0.1, 0.15) is 18.4 Å². The van der Waals surface area contributed by atoms with Crippen LogP contribution in [-0.2, 0) is 9.47 Å². The average molecular weight is 379 g/mol. The number of anilines is 1. The van der Waals surface area contributed by atoms with E-state index in [1.807, 2.05) is 43.3 Å². The number of aryl methyl sites for hydroxylation is 1. The van der Waals surface area contributed by atoms with E-state index in [9.17, 15) is 4.79 Å². The number of nitrogens with zero attached hydrogens (tertiary/aromatic N) is 2. The van der Waals surface area contributed by atoms with Gasteiger partial charge in [0.05, 0.1) is 19.8 Å². The number of pyridine rings is 2. The van der Waals surface area contributed by atoms with Crippen molar-refractivity contribution in [1.82, 2.24) is 9.97 Å². The number of amides is 1. The van der Waals surface area contributed by atoms with Crippen molar-refractivity contribution in [3.8, 4) is 5.88 Å². The highest BCUT2D eigenvalue weighted by molar-refractivity contribution is 6.04. The lowest BCUT2D eigenvalue weighted by Crippen LogP contribution is -2.33. The second-order valence-electron chi connectivity index (χ2n) is 6.55. The van der Waals surface area contributed by atoms with Gasteiger partial charge in [-0.15, -0.1) is 0 Å². The second-order valence-corrected chi connectivity index (χ2v) is 6.55. The fourth-order valence-corrected chi connectivity index (χ4v) is 3.01. The minimum atomic E-state index is -0.247. The van der Waals surface area contributed by atoms with Gasteiger partial charge in [-0.25, -0.2) is 9.97 Å². The number of ether oxygens (including phenoxy) is 3. The average Bonchev–Trinajstić information content (AvgIpc) is 2.72. The van der Waals surface area contributed by atoms with Crippen LogP contribution in [0.15, 0.2) is 48.7 Å². The molecule has 3 aromatic rings. The molecule has 1 atom stereocenters. The van der Waals surface area contributed by atoms with Gasteiger partial charge < -0.3 is 19.5 Å². The monoisotopic (exact) mass is 379 g/mol. The molecule has 28 heavy (non-hydrogen) atoms. The van der Waals surface area contributed by atoms with Crippen molar-refractivity contribution in [2.24, 2.45) is 0 Å². The molecule has 2 aromatic heterocycles. The van der Waals surface area contributed by atoms with E-state index in [0.717, 1.165) is 16.5 Å². The molecule has 1 fully saturated rings. The Morgan fingerprint density at radius 2 is 2.18 bits per heavy atom. The van der Waals surface area contributed by atoms with E-state index in [1.54, 1.807) is 12.3 Å². The van der Waals surface area contributed by atoms with Crippen LogP contribution in [0.2, 0.25) is 0 Å². The van der Waals surface area contributed by atoms with Crippen LogP contribution in [0, 0.1) is 6.92 Å². The number of fused-ring (bicyclic) bond motifs is 1. The van der Waals surface area contributed by atoms with E-state index in [1.165, 1.54) is 0 Å². The summed E-state index contributed by atoms with van der Waals surface area (Å²) in [5.74, 6) is 0.285. The fourth-order valence-electron chi connectivity index (χ4n) is 3.01. The van der Waals surface area contributed by atoms with Crippen LogP contribution in [0.4, 0.5) is 5.69 Å². The fraction of sp³-hybridized carbons (Fsp3) is 0.286. The molecule has 1 aliphatic rings. The summed E-state index contributed by atoms with van der Waals surface area (Å²) in [6.07, 6.45) is 1.59. The predicted octanol–water partition coefficient (Wildman–Crippen LogP) is 2.98. The van der Waals surface area contributed by atoms with Crippen molar-refractivity contribution in [2.75, 3.05) is 31.7 Å². The second kappa shape index (κ2) is 8.33. The zero-order valence-corrected chi connectivity index (χ0v) is 15.6.